The van der Waals surface area contributed by atoms with Crippen LogP contribution in [0, 0.1) is 5.92 Å². The van der Waals surface area contributed by atoms with Gasteiger partial charge >= 0.3 is 5.97 Å². The number of rotatable bonds is 5. The number of ketones is 1. The Bertz CT molecular complexity index is 567. The number of carboxylic acid groups (broad SMARTS) is 1. The maximum absolute atomic E-state index is 12.3. The molecule has 1 aliphatic heterocycles. The third-order valence-corrected chi connectivity index (χ3v) is 3.26. The van der Waals surface area contributed by atoms with E-state index in [1.54, 1.807) is 25.1 Å². The molecule has 106 valence electrons. The number of hydroxylamine groups is 1. The van der Waals surface area contributed by atoms with E-state index in [0.717, 1.165) is 0 Å². The van der Waals surface area contributed by atoms with Gasteiger partial charge in [-0.2, -0.15) is 5.48 Å². The van der Waals surface area contributed by atoms with Crippen molar-refractivity contribution in [3.63, 3.8) is 0 Å². The van der Waals surface area contributed by atoms with Crippen molar-refractivity contribution >= 4 is 17.7 Å². The second-order valence-electron chi connectivity index (χ2n) is 4.69. The van der Waals surface area contributed by atoms with Gasteiger partial charge < -0.3 is 9.94 Å². The van der Waals surface area contributed by atoms with Crippen LogP contribution in [0.5, 0.6) is 5.75 Å². The monoisotopic (exact) mass is 277 g/mol. The molecule has 0 aromatic heterocycles. The third-order valence-electron chi connectivity index (χ3n) is 3.26. The number of Topliss-reactive ketones (excluding diaryl/α,β-unsaturated/α-hetero) is 1. The van der Waals surface area contributed by atoms with Crippen LogP contribution in [-0.2, 0) is 16.0 Å². The summed E-state index contributed by atoms with van der Waals surface area (Å²) in [6.45, 7) is 1.78. The van der Waals surface area contributed by atoms with Crippen LogP contribution in [0.25, 0.3) is 0 Å². The van der Waals surface area contributed by atoms with Crippen molar-refractivity contribution in [2.24, 2.45) is 5.92 Å². The van der Waals surface area contributed by atoms with Crippen molar-refractivity contribution in [1.29, 1.82) is 0 Å². The predicted octanol–water partition coefficient (Wildman–Crippen LogP) is 1.34. The van der Waals surface area contributed by atoms with Crippen molar-refractivity contribution in [3.05, 3.63) is 29.3 Å². The quantitative estimate of drug-likeness (QED) is 0.792. The summed E-state index contributed by atoms with van der Waals surface area (Å²) in [6, 6.07) is 4.81. The second kappa shape index (κ2) is 5.73. The summed E-state index contributed by atoms with van der Waals surface area (Å²) in [5.41, 5.74) is 3.34. The first-order valence-corrected chi connectivity index (χ1v) is 6.36. The molecular formula is C14H15NO5. The van der Waals surface area contributed by atoms with Crippen LogP contribution in [0.2, 0.25) is 0 Å². The highest BCUT2D eigenvalue weighted by atomic mass is 16.7. The highest BCUT2D eigenvalue weighted by molar-refractivity contribution is 6.00. The zero-order valence-electron chi connectivity index (χ0n) is 11.0. The summed E-state index contributed by atoms with van der Waals surface area (Å²) in [4.78, 5) is 39.2. The summed E-state index contributed by atoms with van der Waals surface area (Å²) in [6.07, 6.45) is 0.472. The molecule has 0 saturated carbocycles. The van der Waals surface area contributed by atoms with Gasteiger partial charge in [-0.15, -0.1) is 0 Å². The molecule has 1 atom stereocenters. The fourth-order valence-electron chi connectivity index (χ4n) is 2.14. The predicted molar refractivity (Wildman–Crippen MR) is 69.3 cm³/mol. The first-order valence-electron chi connectivity index (χ1n) is 6.36. The van der Waals surface area contributed by atoms with Crippen LogP contribution < -0.4 is 10.3 Å². The van der Waals surface area contributed by atoms with Crippen LogP contribution in [0.15, 0.2) is 18.2 Å². The van der Waals surface area contributed by atoms with Gasteiger partial charge in [-0.3, -0.25) is 14.4 Å². The Labute approximate surface area is 115 Å². The first-order chi connectivity index (χ1) is 9.51. The van der Waals surface area contributed by atoms with E-state index in [-0.39, 0.29) is 24.5 Å². The van der Waals surface area contributed by atoms with Gasteiger partial charge in [0.1, 0.15) is 0 Å². The van der Waals surface area contributed by atoms with Gasteiger partial charge in [0.05, 0.1) is 12.8 Å². The molecule has 1 heterocycles. The van der Waals surface area contributed by atoms with Crippen LogP contribution in [0.4, 0.5) is 0 Å². The molecule has 20 heavy (non-hydrogen) atoms. The van der Waals surface area contributed by atoms with Crippen LogP contribution >= 0.6 is 0 Å². The van der Waals surface area contributed by atoms with Crippen molar-refractivity contribution < 1.29 is 24.3 Å². The molecule has 0 spiro atoms. The SMILES string of the molecule is CCC(CC(=O)O)C(=O)c1ccc2c(c1)ONC(=O)C2. The highest BCUT2D eigenvalue weighted by Crippen LogP contribution is 2.25. The van der Waals surface area contributed by atoms with Gasteiger partial charge in [0.15, 0.2) is 11.5 Å². The summed E-state index contributed by atoms with van der Waals surface area (Å²) >= 11 is 0. The second-order valence-corrected chi connectivity index (χ2v) is 4.69. The molecule has 6 nitrogen and oxygen atoms in total. The maximum atomic E-state index is 12.3. The Hall–Kier alpha value is -2.37. The summed E-state index contributed by atoms with van der Waals surface area (Å²) in [5, 5.41) is 8.81. The average Bonchev–Trinajstić information content (AvgIpc) is 2.43. The number of hydrogen-bond donors (Lipinski definition) is 2. The van der Waals surface area contributed by atoms with Gasteiger partial charge in [-0.05, 0) is 12.5 Å². The lowest BCUT2D eigenvalue weighted by molar-refractivity contribution is -0.137. The van der Waals surface area contributed by atoms with Crippen molar-refractivity contribution in [1.82, 2.24) is 5.48 Å². The topological polar surface area (TPSA) is 92.7 Å². The minimum atomic E-state index is -0.994. The molecule has 2 N–H and O–H groups in total. The zero-order valence-corrected chi connectivity index (χ0v) is 11.0. The van der Waals surface area contributed by atoms with Crippen LogP contribution in [0.3, 0.4) is 0 Å². The van der Waals surface area contributed by atoms with Gasteiger partial charge in [0, 0.05) is 17.0 Å². The summed E-state index contributed by atoms with van der Waals surface area (Å²) < 4.78 is 0. The molecule has 0 bridgehead atoms. The summed E-state index contributed by atoms with van der Waals surface area (Å²) in [7, 11) is 0. The van der Waals surface area contributed by atoms with Crippen molar-refractivity contribution in [2.75, 3.05) is 0 Å². The van der Waals surface area contributed by atoms with E-state index in [1.165, 1.54) is 0 Å². The number of carbonyl (C=O) groups excluding carboxylic acids is 2. The number of fused-ring (bicyclic) bond motifs is 1. The molecule has 0 fully saturated rings. The number of hydrogen-bond acceptors (Lipinski definition) is 4. The number of carbonyl (C=O) groups is 3. The average molecular weight is 277 g/mol. The number of carboxylic acids is 1. The van der Waals surface area contributed by atoms with Crippen LogP contribution in [0.1, 0.15) is 35.7 Å². The fraction of sp³-hybridized carbons (Fsp3) is 0.357. The molecule has 0 radical (unpaired) electrons. The molecule has 2 rings (SSSR count). The summed E-state index contributed by atoms with van der Waals surface area (Å²) in [5.74, 6) is -1.58. The van der Waals surface area contributed by atoms with E-state index in [1.807, 2.05) is 0 Å². The van der Waals surface area contributed by atoms with E-state index >= 15 is 0 Å². The smallest absolute Gasteiger partial charge is 0.304 e. The molecule has 6 heteroatoms. The van der Waals surface area contributed by atoms with E-state index in [2.05, 4.69) is 5.48 Å². The fourth-order valence-corrected chi connectivity index (χ4v) is 2.14. The van der Waals surface area contributed by atoms with Gasteiger partial charge in [0.2, 0.25) is 0 Å². The first kappa shape index (κ1) is 14.0. The Morgan fingerprint density at radius 3 is 2.85 bits per heavy atom. The normalized spacial score (nSPS) is 14.8. The number of nitrogens with one attached hydrogen (secondary N) is 1. The standard InChI is InChI=1S/C14H15NO5/c1-2-8(7-13(17)18)14(19)10-4-3-9-6-12(16)15-20-11(9)5-10/h3-5,8H,2,6-7H2,1H3,(H,15,16)(H,17,18). The molecule has 1 aromatic carbocycles. The Morgan fingerprint density at radius 2 is 2.20 bits per heavy atom. The number of benzene rings is 1. The van der Waals surface area contributed by atoms with E-state index in [4.69, 9.17) is 9.94 Å². The Kier molecular flexibility index (Phi) is 4.02. The minimum Gasteiger partial charge on any atom is -0.481 e. The molecule has 1 aromatic rings. The van der Waals surface area contributed by atoms with E-state index in [0.29, 0.717) is 23.3 Å². The van der Waals surface area contributed by atoms with Gasteiger partial charge in [0.25, 0.3) is 5.91 Å². The Morgan fingerprint density at radius 1 is 1.45 bits per heavy atom. The van der Waals surface area contributed by atoms with Gasteiger partial charge in [-0.1, -0.05) is 19.1 Å². The van der Waals surface area contributed by atoms with Crippen LogP contribution in [-0.4, -0.2) is 22.8 Å². The highest BCUT2D eigenvalue weighted by Gasteiger charge is 2.24. The zero-order chi connectivity index (χ0) is 14.7. The molecular weight excluding hydrogens is 262 g/mol. The molecule has 0 saturated heterocycles. The Balaban J connectivity index is 2.22. The van der Waals surface area contributed by atoms with E-state index < -0.39 is 11.9 Å². The molecule has 1 aliphatic rings. The lowest BCUT2D eigenvalue weighted by Crippen LogP contribution is -2.33. The molecule has 0 aliphatic carbocycles. The van der Waals surface area contributed by atoms with Crippen molar-refractivity contribution in [2.45, 2.75) is 26.2 Å². The third kappa shape index (κ3) is 2.96. The number of amides is 1. The molecule has 1 amide bonds. The minimum absolute atomic E-state index is 0.190. The van der Waals surface area contributed by atoms with Crippen molar-refractivity contribution in [3.8, 4) is 5.75 Å². The van der Waals surface area contributed by atoms with E-state index in [9.17, 15) is 14.4 Å². The number of aliphatic carboxylic acids is 1. The molecule has 1 unspecified atom stereocenters. The van der Waals surface area contributed by atoms with Gasteiger partial charge in [-0.25, -0.2) is 0 Å². The maximum Gasteiger partial charge on any atom is 0.304 e. The lowest BCUT2D eigenvalue weighted by atomic mass is 9.91. The lowest BCUT2D eigenvalue weighted by Gasteiger charge is -2.18. The largest absolute Gasteiger partial charge is 0.481 e.